The minimum absolute atomic E-state index is 0.0356. The minimum atomic E-state index is -2.63. The summed E-state index contributed by atoms with van der Waals surface area (Å²) in [6.45, 7) is -0.846. The molecule has 86 valence electrons. The van der Waals surface area contributed by atoms with Gasteiger partial charge < -0.3 is 10.1 Å². The van der Waals surface area contributed by atoms with Gasteiger partial charge in [-0.1, -0.05) is 0 Å². The third-order valence-electron chi connectivity index (χ3n) is 2.42. The first-order valence-electron chi connectivity index (χ1n) is 4.78. The van der Waals surface area contributed by atoms with Gasteiger partial charge in [-0.25, -0.2) is 8.78 Å². The number of rotatable bonds is 5. The van der Waals surface area contributed by atoms with Gasteiger partial charge in [0.1, 0.15) is 0 Å². The number of esters is 1. The van der Waals surface area contributed by atoms with Crippen molar-refractivity contribution in [2.24, 2.45) is 5.92 Å². The zero-order valence-corrected chi connectivity index (χ0v) is 8.12. The number of hydrogen-bond acceptors (Lipinski definition) is 3. The van der Waals surface area contributed by atoms with E-state index < -0.39 is 19.0 Å². The van der Waals surface area contributed by atoms with Gasteiger partial charge in [0, 0.05) is 6.04 Å². The molecule has 0 heterocycles. The molecule has 15 heavy (non-hydrogen) atoms. The van der Waals surface area contributed by atoms with Crippen LogP contribution in [0.3, 0.4) is 0 Å². The quantitative estimate of drug-likeness (QED) is 0.549. The molecular weight excluding hydrogens is 208 g/mol. The van der Waals surface area contributed by atoms with Crippen LogP contribution in [-0.2, 0) is 14.3 Å². The molecule has 1 saturated carbocycles. The molecule has 1 fully saturated rings. The zero-order valence-electron chi connectivity index (χ0n) is 8.12. The monoisotopic (exact) mass is 221 g/mol. The van der Waals surface area contributed by atoms with Gasteiger partial charge in [-0.2, -0.15) is 0 Å². The topological polar surface area (TPSA) is 55.4 Å². The molecule has 0 aromatic heterocycles. The Labute approximate surface area is 86.0 Å². The van der Waals surface area contributed by atoms with E-state index >= 15 is 0 Å². The van der Waals surface area contributed by atoms with Crippen molar-refractivity contribution in [1.82, 2.24) is 5.32 Å². The van der Waals surface area contributed by atoms with E-state index in [9.17, 15) is 18.4 Å². The zero-order chi connectivity index (χ0) is 11.3. The Balaban J connectivity index is 2.27. The second kappa shape index (κ2) is 5.63. The second-order valence-corrected chi connectivity index (χ2v) is 3.51. The van der Waals surface area contributed by atoms with E-state index in [4.69, 9.17) is 0 Å². The number of nitrogens with one attached hydrogen (secondary N) is 1. The normalized spacial score (nSPS) is 25.3. The predicted octanol–water partition coefficient (Wildman–Crippen LogP) is 0.709. The number of carbonyl (C=O) groups excluding carboxylic acids is 2. The highest BCUT2D eigenvalue weighted by Gasteiger charge is 2.31. The maximum Gasteiger partial charge on any atom is 0.309 e. The summed E-state index contributed by atoms with van der Waals surface area (Å²) in [7, 11) is 0. The Bertz CT molecular complexity index is 235. The van der Waals surface area contributed by atoms with Crippen molar-refractivity contribution >= 4 is 12.4 Å². The second-order valence-electron chi connectivity index (χ2n) is 3.51. The summed E-state index contributed by atoms with van der Waals surface area (Å²) in [5.74, 6) is -0.952. The van der Waals surface area contributed by atoms with Crippen LogP contribution in [0.25, 0.3) is 0 Å². The van der Waals surface area contributed by atoms with Crippen LogP contribution >= 0.6 is 0 Å². The molecular formula is C9H13F2NO3. The minimum Gasteiger partial charge on any atom is -0.459 e. The van der Waals surface area contributed by atoms with Crippen molar-refractivity contribution in [3.8, 4) is 0 Å². The van der Waals surface area contributed by atoms with Crippen molar-refractivity contribution < 1.29 is 23.1 Å². The molecule has 2 unspecified atom stereocenters. The molecule has 1 N–H and O–H groups in total. The van der Waals surface area contributed by atoms with Crippen LogP contribution in [0.5, 0.6) is 0 Å². The lowest BCUT2D eigenvalue weighted by Crippen LogP contribution is -2.26. The molecule has 1 aliphatic carbocycles. The number of alkyl halides is 2. The molecule has 6 heteroatoms. The fraction of sp³-hybridized carbons (Fsp3) is 0.778. The molecule has 0 bridgehead atoms. The third-order valence-corrected chi connectivity index (χ3v) is 2.42. The molecule has 1 amide bonds. The van der Waals surface area contributed by atoms with Crippen molar-refractivity contribution in [3.05, 3.63) is 0 Å². The van der Waals surface area contributed by atoms with E-state index in [-0.39, 0.29) is 12.0 Å². The molecule has 1 aliphatic rings. The standard InChI is InChI=1S/C9H13F2NO3/c10-8(11)4-15-9(14)6-1-2-7(3-6)12-5-13/h5-8H,1-4H2,(H,12,13). The molecule has 2 atom stereocenters. The molecule has 0 aromatic rings. The Morgan fingerprint density at radius 1 is 1.53 bits per heavy atom. The van der Waals surface area contributed by atoms with Crippen LogP contribution < -0.4 is 5.32 Å². The Hall–Kier alpha value is -1.20. The summed E-state index contributed by atoms with van der Waals surface area (Å²) in [6.07, 6.45) is -0.307. The summed E-state index contributed by atoms with van der Waals surface area (Å²) >= 11 is 0. The van der Waals surface area contributed by atoms with Crippen LogP contribution in [0.15, 0.2) is 0 Å². The van der Waals surface area contributed by atoms with Crippen LogP contribution in [-0.4, -0.2) is 31.5 Å². The Kier molecular flexibility index (Phi) is 4.45. The largest absolute Gasteiger partial charge is 0.459 e. The molecule has 4 nitrogen and oxygen atoms in total. The van der Waals surface area contributed by atoms with Gasteiger partial charge in [-0.05, 0) is 19.3 Å². The SMILES string of the molecule is O=CNC1CCC(C(=O)OCC(F)F)C1. The highest BCUT2D eigenvalue weighted by molar-refractivity contribution is 5.73. The number of hydrogen-bond donors (Lipinski definition) is 1. The highest BCUT2D eigenvalue weighted by atomic mass is 19.3. The van der Waals surface area contributed by atoms with Gasteiger partial charge in [0.2, 0.25) is 6.41 Å². The molecule has 0 aromatic carbocycles. The number of amides is 1. The van der Waals surface area contributed by atoms with Crippen molar-refractivity contribution in [2.45, 2.75) is 31.7 Å². The number of ether oxygens (including phenoxy) is 1. The van der Waals surface area contributed by atoms with Gasteiger partial charge in [-0.3, -0.25) is 9.59 Å². The first kappa shape index (κ1) is 11.9. The molecule has 0 aliphatic heterocycles. The molecule has 0 spiro atoms. The van der Waals surface area contributed by atoms with Gasteiger partial charge in [0.15, 0.2) is 6.61 Å². The van der Waals surface area contributed by atoms with E-state index in [1.54, 1.807) is 0 Å². The van der Waals surface area contributed by atoms with E-state index in [1.807, 2.05) is 0 Å². The van der Waals surface area contributed by atoms with Crippen LogP contribution in [0.1, 0.15) is 19.3 Å². The van der Waals surface area contributed by atoms with E-state index in [0.717, 1.165) is 0 Å². The average molecular weight is 221 g/mol. The predicted molar refractivity (Wildman–Crippen MR) is 47.3 cm³/mol. The summed E-state index contributed by atoms with van der Waals surface area (Å²) in [6, 6.07) is -0.0356. The van der Waals surface area contributed by atoms with E-state index in [0.29, 0.717) is 25.7 Å². The third kappa shape index (κ3) is 3.81. The van der Waals surface area contributed by atoms with Gasteiger partial charge in [0.25, 0.3) is 6.43 Å². The Morgan fingerprint density at radius 2 is 2.27 bits per heavy atom. The van der Waals surface area contributed by atoms with Gasteiger partial charge >= 0.3 is 5.97 Å². The van der Waals surface area contributed by atoms with Crippen molar-refractivity contribution in [2.75, 3.05) is 6.61 Å². The molecule has 0 radical (unpaired) electrons. The Morgan fingerprint density at radius 3 is 2.87 bits per heavy atom. The highest BCUT2D eigenvalue weighted by Crippen LogP contribution is 2.26. The van der Waals surface area contributed by atoms with Crippen LogP contribution in [0, 0.1) is 5.92 Å². The number of carbonyl (C=O) groups is 2. The van der Waals surface area contributed by atoms with Crippen molar-refractivity contribution in [3.63, 3.8) is 0 Å². The lowest BCUT2D eigenvalue weighted by Gasteiger charge is -2.10. The summed E-state index contributed by atoms with van der Waals surface area (Å²) in [5, 5.41) is 2.56. The fourth-order valence-corrected chi connectivity index (χ4v) is 1.71. The van der Waals surface area contributed by atoms with Crippen molar-refractivity contribution in [1.29, 1.82) is 0 Å². The van der Waals surface area contributed by atoms with Gasteiger partial charge in [-0.15, -0.1) is 0 Å². The van der Waals surface area contributed by atoms with E-state index in [2.05, 4.69) is 10.1 Å². The smallest absolute Gasteiger partial charge is 0.309 e. The molecule has 1 rings (SSSR count). The van der Waals surface area contributed by atoms with E-state index in [1.165, 1.54) is 0 Å². The first-order valence-corrected chi connectivity index (χ1v) is 4.78. The number of halogens is 2. The lowest BCUT2D eigenvalue weighted by atomic mass is 10.1. The van der Waals surface area contributed by atoms with Gasteiger partial charge in [0.05, 0.1) is 5.92 Å². The van der Waals surface area contributed by atoms with Crippen LogP contribution in [0.2, 0.25) is 0 Å². The first-order chi connectivity index (χ1) is 7.13. The summed E-state index contributed by atoms with van der Waals surface area (Å²) < 4.78 is 27.9. The lowest BCUT2D eigenvalue weighted by molar-refractivity contribution is -0.152. The maximum atomic E-state index is 11.7. The summed E-state index contributed by atoms with van der Waals surface area (Å²) in [5.41, 5.74) is 0. The summed E-state index contributed by atoms with van der Waals surface area (Å²) in [4.78, 5) is 21.4. The van der Waals surface area contributed by atoms with Crippen LogP contribution in [0.4, 0.5) is 8.78 Å². The maximum absolute atomic E-state index is 11.7. The average Bonchev–Trinajstić information content (AvgIpc) is 2.63. The fourth-order valence-electron chi connectivity index (χ4n) is 1.71. The molecule has 0 saturated heterocycles.